The highest BCUT2D eigenvalue weighted by Crippen LogP contribution is 2.37. The lowest BCUT2D eigenvalue weighted by Crippen LogP contribution is -2.48. The van der Waals surface area contributed by atoms with Gasteiger partial charge in [-0.3, -0.25) is 14.8 Å². The largest absolute Gasteiger partial charge is 0.363 e. The molecule has 0 aliphatic carbocycles. The van der Waals surface area contributed by atoms with Gasteiger partial charge in [-0.1, -0.05) is 0 Å². The number of ketones is 1. The van der Waals surface area contributed by atoms with Crippen LogP contribution in [0.15, 0.2) is 24.5 Å². The summed E-state index contributed by atoms with van der Waals surface area (Å²) in [6, 6.07) is 5.24. The highest BCUT2D eigenvalue weighted by Gasteiger charge is 2.41. The number of anilines is 1. The van der Waals surface area contributed by atoms with Crippen molar-refractivity contribution < 1.29 is 13.6 Å². The third-order valence-corrected chi connectivity index (χ3v) is 4.72. The summed E-state index contributed by atoms with van der Waals surface area (Å²) in [5.74, 6) is -3.52. The zero-order chi connectivity index (χ0) is 20.5. The van der Waals surface area contributed by atoms with Crippen LogP contribution in [0.2, 0.25) is 0 Å². The first kappa shape index (κ1) is 20.1. The normalized spacial score (nSPS) is 19.4. The molecule has 0 saturated carbocycles. The number of hydrogen-bond donors (Lipinski definition) is 1. The fourth-order valence-corrected chi connectivity index (χ4v) is 3.82. The molecule has 1 aliphatic rings. The standard InChI is InChI=1S/C20H23F2N5O/c1-19(2,24)9-15(28)7-13-8-20(21,22)12-27(11-13)16-4-3-14(10-23)17-18(16)26-6-5-25-17/h3-6,13H,7-9,11-12,24H2,1-2H3. The second kappa shape index (κ2) is 7.40. The Kier molecular flexibility index (Phi) is 5.31. The Balaban J connectivity index is 1.89. The lowest BCUT2D eigenvalue weighted by molar-refractivity contribution is -0.121. The number of piperidine rings is 1. The molecule has 0 amide bonds. The van der Waals surface area contributed by atoms with Gasteiger partial charge in [0, 0.05) is 43.7 Å². The molecule has 2 heterocycles. The molecule has 0 bridgehead atoms. The topological polar surface area (TPSA) is 95.9 Å². The number of fused-ring (bicyclic) bond motifs is 1. The molecule has 1 atom stereocenters. The molecule has 2 N–H and O–H groups in total. The number of nitrogens with two attached hydrogens (primary N) is 1. The van der Waals surface area contributed by atoms with Gasteiger partial charge in [0.05, 0.1) is 17.8 Å². The predicted molar refractivity (Wildman–Crippen MR) is 102 cm³/mol. The summed E-state index contributed by atoms with van der Waals surface area (Å²) in [7, 11) is 0. The van der Waals surface area contributed by atoms with E-state index in [0.717, 1.165) is 0 Å². The van der Waals surface area contributed by atoms with E-state index < -0.39 is 23.9 Å². The molecule has 1 unspecified atom stereocenters. The van der Waals surface area contributed by atoms with Gasteiger partial charge in [0.15, 0.2) is 0 Å². The predicted octanol–water partition coefficient (Wildman–Crippen LogP) is 3.05. The van der Waals surface area contributed by atoms with Crippen LogP contribution >= 0.6 is 0 Å². The fraction of sp³-hybridized carbons (Fsp3) is 0.500. The molecule has 148 valence electrons. The highest BCUT2D eigenvalue weighted by atomic mass is 19.3. The molecule has 1 aliphatic heterocycles. The number of hydrogen-bond acceptors (Lipinski definition) is 6. The van der Waals surface area contributed by atoms with Gasteiger partial charge >= 0.3 is 0 Å². The third-order valence-electron chi connectivity index (χ3n) is 4.72. The zero-order valence-corrected chi connectivity index (χ0v) is 16.0. The number of Topliss-reactive ketones (excluding diaryl/α,β-unsaturated/α-hetero) is 1. The van der Waals surface area contributed by atoms with E-state index in [9.17, 15) is 18.8 Å². The third kappa shape index (κ3) is 4.60. The first-order chi connectivity index (χ1) is 13.1. The minimum Gasteiger partial charge on any atom is -0.363 e. The number of benzene rings is 1. The number of carbonyl (C=O) groups excluding carboxylic acids is 1. The van der Waals surface area contributed by atoms with Crippen LogP contribution in [0.5, 0.6) is 0 Å². The van der Waals surface area contributed by atoms with E-state index in [1.54, 1.807) is 30.9 Å². The van der Waals surface area contributed by atoms with E-state index in [0.29, 0.717) is 28.8 Å². The number of aromatic nitrogens is 2. The summed E-state index contributed by atoms with van der Waals surface area (Å²) < 4.78 is 28.9. The smallest absolute Gasteiger partial charge is 0.265 e. The summed E-state index contributed by atoms with van der Waals surface area (Å²) in [5, 5.41) is 9.25. The first-order valence-electron chi connectivity index (χ1n) is 9.15. The Labute approximate surface area is 162 Å². The molecular formula is C20H23F2N5O. The van der Waals surface area contributed by atoms with E-state index in [1.807, 2.05) is 6.07 Å². The van der Waals surface area contributed by atoms with Crippen molar-refractivity contribution in [1.29, 1.82) is 5.26 Å². The van der Waals surface area contributed by atoms with Crippen molar-refractivity contribution in [3.8, 4) is 6.07 Å². The summed E-state index contributed by atoms with van der Waals surface area (Å²) in [6.45, 7) is 3.34. The van der Waals surface area contributed by atoms with Crippen LogP contribution in [-0.4, -0.2) is 40.3 Å². The summed E-state index contributed by atoms with van der Waals surface area (Å²) in [5.41, 5.74) is 6.85. The van der Waals surface area contributed by atoms with E-state index in [1.165, 1.54) is 12.4 Å². The van der Waals surface area contributed by atoms with Crippen LogP contribution < -0.4 is 10.6 Å². The molecule has 1 aromatic heterocycles. The maximum atomic E-state index is 14.5. The molecule has 6 nitrogen and oxygen atoms in total. The molecule has 0 spiro atoms. The van der Waals surface area contributed by atoms with Crippen LogP contribution in [0, 0.1) is 17.2 Å². The minimum absolute atomic E-state index is 0.0621. The molecular weight excluding hydrogens is 364 g/mol. The van der Waals surface area contributed by atoms with Crippen LogP contribution in [0.3, 0.4) is 0 Å². The first-order valence-corrected chi connectivity index (χ1v) is 9.15. The average molecular weight is 387 g/mol. The van der Waals surface area contributed by atoms with Crippen LogP contribution in [0.25, 0.3) is 11.0 Å². The number of rotatable bonds is 5. The SMILES string of the molecule is CC(C)(N)CC(=O)CC1CN(c2ccc(C#N)c3nccnc23)CC(F)(F)C1. The van der Waals surface area contributed by atoms with Crippen molar-refractivity contribution >= 4 is 22.5 Å². The quantitative estimate of drug-likeness (QED) is 0.847. The van der Waals surface area contributed by atoms with Crippen LogP contribution in [0.1, 0.15) is 38.7 Å². The second-order valence-electron chi connectivity index (χ2n) is 8.21. The molecule has 2 aromatic rings. The van der Waals surface area contributed by atoms with E-state index >= 15 is 0 Å². The van der Waals surface area contributed by atoms with Crippen molar-refractivity contribution in [2.45, 2.75) is 44.6 Å². The number of nitriles is 1. The lowest BCUT2D eigenvalue weighted by atomic mass is 9.87. The molecule has 1 aromatic carbocycles. The van der Waals surface area contributed by atoms with E-state index in [4.69, 9.17) is 5.73 Å². The Hall–Kier alpha value is -2.66. The fourth-order valence-electron chi connectivity index (χ4n) is 3.82. The minimum atomic E-state index is -2.93. The molecule has 3 rings (SSSR count). The van der Waals surface area contributed by atoms with Crippen molar-refractivity contribution in [2.24, 2.45) is 11.7 Å². The van der Waals surface area contributed by atoms with Gasteiger partial charge in [-0.25, -0.2) is 8.78 Å². The second-order valence-corrected chi connectivity index (χ2v) is 8.21. The Morgan fingerprint density at radius 2 is 2.04 bits per heavy atom. The maximum Gasteiger partial charge on any atom is 0.265 e. The van der Waals surface area contributed by atoms with Crippen LogP contribution in [-0.2, 0) is 4.79 Å². The van der Waals surface area contributed by atoms with Gasteiger partial charge in [-0.15, -0.1) is 0 Å². The Morgan fingerprint density at radius 3 is 2.68 bits per heavy atom. The Bertz CT molecular complexity index is 932. The number of nitrogens with zero attached hydrogens (tertiary/aromatic N) is 4. The molecule has 1 saturated heterocycles. The number of carbonyl (C=O) groups is 1. The molecule has 1 fully saturated rings. The van der Waals surface area contributed by atoms with Gasteiger partial charge < -0.3 is 10.6 Å². The van der Waals surface area contributed by atoms with Crippen molar-refractivity contribution in [3.05, 3.63) is 30.1 Å². The van der Waals surface area contributed by atoms with Crippen molar-refractivity contribution in [3.63, 3.8) is 0 Å². The number of alkyl halides is 2. The highest BCUT2D eigenvalue weighted by molar-refractivity contribution is 5.92. The molecule has 0 radical (unpaired) electrons. The monoisotopic (exact) mass is 387 g/mol. The lowest BCUT2D eigenvalue weighted by Gasteiger charge is -2.39. The number of halogens is 2. The van der Waals surface area contributed by atoms with Gasteiger partial charge in [0.25, 0.3) is 5.92 Å². The van der Waals surface area contributed by atoms with Gasteiger partial charge in [-0.2, -0.15) is 5.26 Å². The summed E-state index contributed by atoms with van der Waals surface area (Å²) in [6.07, 6.45) is 2.82. The average Bonchev–Trinajstić information content (AvgIpc) is 2.57. The maximum absolute atomic E-state index is 14.5. The molecule has 8 heteroatoms. The van der Waals surface area contributed by atoms with E-state index in [-0.39, 0.29) is 25.0 Å². The van der Waals surface area contributed by atoms with Crippen molar-refractivity contribution in [2.75, 3.05) is 18.0 Å². The summed E-state index contributed by atoms with van der Waals surface area (Å²) >= 11 is 0. The van der Waals surface area contributed by atoms with Gasteiger partial charge in [-0.05, 0) is 31.9 Å². The van der Waals surface area contributed by atoms with Gasteiger partial charge in [0.1, 0.15) is 22.9 Å². The summed E-state index contributed by atoms with van der Waals surface area (Å²) in [4.78, 5) is 22.3. The van der Waals surface area contributed by atoms with Crippen molar-refractivity contribution in [1.82, 2.24) is 9.97 Å². The van der Waals surface area contributed by atoms with E-state index in [2.05, 4.69) is 9.97 Å². The Morgan fingerprint density at radius 1 is 1.36 bits per heavy atom. The molecule has 28 heavy (non-hydrogen) atoms. The van der Waals surface area contributed by atoms with Crippen LogP contribution in [0.4, 0.5) is 14.5 Å². The van der Waals surface area contributed by atoms with Gasteiger partial charge in [0.2, 0.25) is 0 Å². The zero-order valence-electron chi connectivity index (χ0n) is 16.0.